The van der Waals surface area contributed by atoms with E-state index in [1.54, 1.807) is 29.9 Å². The van der Waals surface area contributed by atoms with Crippen LogP contribution in [0.3, 0.4) is 0 Å². The molecule has 0 saturated carbocycles. The number of hydrogen-bond donors (Lipinski definition) is 2. The summed E-state index contributed by atoms with van der Waals surface area (Å²) in [6, 6.07) is 5.84. The van der Waals surface area contributed by atoms with Gasteiger partial charge in [-0.15, -0.1) is 11.3 Å². The largest absolute Gasteiger partial charge is 0.325 e. The minimum absolute atomic E-state index is 0.116. The fourth-order valence-electron chi connectivity index (χ4n) is 1.83. The number of halogens is 2. The number of carbonyl (C=O) groups excluding carboxylic acids is 1. The monoisotopic (exact) mass is 332 g/mol. The molecule has 1 aromatic carbocycles. The summed E-state index contributed by atoms with van der Waals surface area (Å²) in [7, 11) is 0. The molecule has 5 nitrogen and oxygen atoms in total. The maximum Gasteiger partial charge on any atom is 0.325 e. The number of pyridine rings is 1. The number of urea groups is 1. The average Bonchev–Trinajstić information content (AvgIpc) is 2.99. The molecule has 0 spiro atoms. The van der Waals surface area contributed by atoms with Crippen LogP contribution in [0.4, 0.5) is 24.4 Å². The van der Waals surface area contributed by atoms with Gasteiger partial charge in [0.1, 0.15) is 11.6 Å². The molecular weight excluding hydrogens is 322 g/mol. The molecule has 2 heterocycles. The highest BCUT2D eigenvalue weighted by molar-refractivity contribution is 7.14. The zero-order valence-electron chi connectivity index (χ0n) is 11.6. The SMILES string of the molecule is O=C(Nc1nc(-c2ccncc2)cs1)Nc1ccc(F)cc1F. The van der Waals surface area contributed by atoms with E-state index >= 15 is 0 Å². The van der Waals surface area contributed by atoms with Crippen molar-refractivity contribution < 1.29 is 13.6 Å². The topological polar surface area (TPSA) is 66.9 Å². The van der Waals surface area contributed by atoms with E-state index < -0.39 is 17.7 Å². The number of aromatic nitrogens is 2. The van der Waals surface area contributed by atoms with Crippen LogP contribution < -0.4 is 10.6 Å². The Bertz CT molecular complexity index is 839. The van der Waals surface area contributed by atoms with Crippen LogP contribution in [0.25, 0.3) is 11.3 Å². The Balaban J connectivity index is 1.68. The Morgan fingerprint density at radius 2 is 1.87 bits per heavy atom. The fourth-order valence-corrected chi connectivity index (χ4v) is 2.54. The summed E-state index contributed by atoms with van der Waals surface area (Å²) in [6.07, 6.45) is 3.29. The highest BCUT2D eigenvalue weighted by Gasteiger charge is 2.10. The summed E-state index contributed by atoms with van der Waals surface area (Å²) >= 11 is 1.23. The van der Waals surface area contributed by atoms with Crippen LogP contribution in [0.1, 0.15) is 0 Å². The van der Waals surface area contributed by atoms with E-state index in [9.17, 15) is 13.6 Å². The van der Waals surface area contributed by atoms with Gasteiger partial charge in [0.2, 0.25) is 0 Å². The first-order valence-electron chi connectivity index (χ1n) is 6.51. The van der Waals surface area contributed by atoms with Crippen molar-refractivity contribution >= 4 is 28.2 Å². The zero-order chi connectivity index (χ0) is 16.2. The smallest absolute Gasteiger partial charge is 0.305 e. The second-order valence-electron chi connectivity index (χ2n) is 4.48. The van der Waals surface area contributed by atoms with E-state index in [0.717, 1.165) is 17.7 Å². The van der Waals surface area contributed by atoms with Gasteiger partial charge in [0.25, 0.3) is 0 Å². The normalized spacial score (nSPS) is 10.3. The number of rotatable bonds is 3. The number of anilines is 2. The third kappa shape index (κ3) is 3.67. The lowest BCUT2D eigenvalue weighted by atomic mass is 10.2. The summed E-state index contributed by atoms with van der Waals surface area (Å²) in [5.41, 5.74) is 1.45. The van der Waals surface area contributed by atoms with Crippen LogP contribution in [0.5, 0.6) is 0 Å². The van der Waals surface area contributed by atoms with Crippen molar-refractivity contribution in [3.63, 3.8) is 0 Å². The van der Waals surface area contributed by atoms with E-state index in [1.165, 1.54) is 11.3 Å². The van der Waals surface area contributed by atoms with Gasteiger partial charge in [-0.25, -0.2) is 18.6 Å². The van der Waals surface area contributed by atoms with Crippen LogP contribution in [-0.2, 0) is 0 Å². The van der Waals surface area contributed by atoms with Gasteiger partial charge < -0.3 is 5.32 Å². The Labute approximate surface area is 134 Å². The summed E-state index contributed by atoms with van der Waals surface area (Å²) in [6.45, 7) is 0. The van der Waals surface area contributed by atoms with Crippen molar-refractivity contribution in [2.75, 3.05) is 10.6 Å². The molecule has 2 amide bonds. The second-order valence-corrected chi connectivity index (χ2v) is 5.34. The summed E-state index contributed by atoms with van der Waals surface area (Å²) in [5, 5.41) is 6.94. The fraction of sp³-hybridized carbons (Fsp3) is 0. The Morgan fingerprint density at radius 3 is 2.61 bits per heavy atom. The third-order valence-electron chi connectivity index (χ3n) is 2.88. The minimum atomic E-state index is -0.850. The molecule has 2 aromatic heterocycles. The van der Waals surface area contributed by atoms with Crippen LogP contribution in [0.2, 0.25) is 0 Å². The lowest BCUT2D eigenvalue weighted by molar-refractivity contribution is 0.262. The number of thiazole rings is 1. The van der Waals surface area contributed by atoms with Crippen molar-refractivity contribution in [1.82, 2.24) is 9.97 Å². The Kier molecular flexibility index (Phi) is 4.24. The first-order chi connectivity index (χ1) is 11.1. The van der Waals surface area contributed by atoms with Crippen LogP contribution in [0.15, 0.2) is 48.1 Å². The molecule has 8 heteroatoms. The molecule has 0 aliphatic heterocycles. The molecule has 0 aliphatic rings. The molecule has 0 aliphatic carbocycles. The molecule has 0 radical (unpaired) electrons. The molecule has 0 unspecified atom stereocenters. The van der Waals surface area contributed by atoms with Crippen LogP contribution in [0, 0.1) is 11.6 Å². The molecule has 116 valence electrons. The number of nitrogens with one attached hydrogen (secondary N) is 2. The van der Waals surface area contributed by atoms with Crippen molar-refractivity contribution in [3.8, 4) is 11.3 Å². The van der Waals surface area contributed by atoms with Crippen molar-refractivity contribution in [2.45, 2.75) is 0 Å². The highest BCUT2D eigenvalue weighted by Crippen LogP contribution is 2.24. The molecule has 23 heavy (non-hydrogen) atoms. The predicted molar refractivity (Wildman–Crippen MR) is 84.3 cm³/mol. The second kappa shape index (κ2) is 6.49. The van der Waals surface area contributed by atoms with Gasteiger partial charge in [0.05, 0.1) is 11.4 Å². The quantitative estimate of drug-likeness (QED) is 0.758. The predicted octanol–water partition coefficient (Wildman–Crippen LogP) is 4.13. The average molecular weight is 332 g/mol. The zero-order valence-corrected chi connectivity index (χ0v) is 12.4. The van der Waals surface area contributed by atoms with E-state index in [0.29, 0.717) is 16.9 Å². The molecule has 3 rings (SSSR count). The number of nitrogens with zero attached hydrogens (tertiary/aromatic N) is 2. The molecule has 3 aromatic rings. The van der Waals surface area contributed by atoms with E-state index in [2.05, 4.69) is 20.6 Å². The van der Waals surface area contributed by atoms with Gasteiger partial charge in [-0.05, 0) is 24.3 Å². The molecule has 2 N–H and O–H groups in total. The van der Waals surface area contributed by atoms with Crippen molar-refractivity contribution in [1.29, 1.82) is 0 Å². The van der Waals surface area contributed by atoms with E-state index in [4.69, 9.17) is 0 Å². The molecule has 0 saturated heterocycles. The van der Waals surface area contributed by atoms with Crippen molar-refractivity contribution in [2.24, 2.45) is 0 Å². The minimum Gasteiger partial charge on any atom is -0.305 e. The Hall–Kier alpha value is -2.87. The number of amides is 2. The molecule has 0 bridgehead atoms. The number of benzene rings is 1. The summed E-state index contributed by atoms with van der Waals surface area (Å²) in [5.74, 6) is -1.56. The standard InChI is InChI=1S/C15H10F2N4OS/c16-10-1-2-12(11(17)7-10)19-14(22)21-15-20-13(8-23-15)9-3-5-18-6-4-9/h1-8H,(H2,19,20,21,22). The summed E-state index contributed by atoms with van der Waals surface area (Å²) < 4.78 is 26.3. The maximum atomic E-state index is 13.5. The van der Waals surface area contributed by atoms with E-state index in [-0.39, 0.29) is 5.69 Å². The number of hydrogen-bond acceptors (Lipinski definition) is 4. The van der Waals surface area contributed by atoms with Gasteiger partial charge >= 0.3 is 6.03 Å². The first-order valence-corrected chi connectivity index (χ1v) is 7.39. The first kappa shape index (κ1) is 15.0. The van der Waals surface area contributed by atoms with E-state index in [1.807, 2.05) is 0 Å². The maximum absolute atomic E-state index is 13.5. The van der Waals surface area contributed by atoms with Crippen LogP contribution >= 0.6 is 11.3 Å². The number of carbonyl (C=O) groups is 1. The molecular formula is C15H10F2N4OS. The lowest BCUT2D eigenvalue weighted by Gasteiger charge is -2.06. The highest BCUT2D eigenvalue weighted by atomic mass is 32.1. The van der Waals surface area contributed by atoms with Gasteiger partial charge in [-0.2, -0.15) is 0 Å². The van der Waals surface area contributed by atoms with Crippen LogP contribution in [-0.4, -0.2) is 16.0 Å². The van der Waals surface area contributed by atoms with Gasteiger partial charge in [0.15, 0.2) is 5.13 Å². The Morgan fingerprint density at radius 1 is 1.09 bits per heavy atom. The van der Waals surface area contributed by atoms with Gasteiger partial charge in [0, 0.05) is 29.4 Å². The molecule has 0 fully saturated rings. The molecule has 0 atom stereocenters. The van der Waals surface area contributed by atoms with Gasteiger partial charge in [-0.1, -0.05) is 0 Å². The van der Waals surface area contributed by atoms with Gasteiger partial charge in [-0.3, -0.25) is 10.3 Å². The van der Waals surface area contributed by atoms with Crippen molar-refractivity contribution in [3.05, 3.63) is 59.7 Å². The third-order valence-corrected chi connectivity index (χ3v) is 3.64. The lowest BCUT2D eigenvalue weighted by Crippen LogP contribution is -2.20. The summed E-state index contributed by atoms with van der Waals surface area (Å²) in [4.78, 5) is 20.0.